The van der Waals surface area contributed by atoms with E-state index in [4.69, 9.17) is 5.73 Å². The third kappa shape index (κ3) is 3.26. The minimum Gasteiger partial charge on any atom is -0.399 e. The van der Waals surface area contributed by atoms with Crippen molar-refractivity contribution in [3.63, 3.8) is 0 Å². The number of rotatable bonds is 2. The van der Waals surface area contributed by atoms with E-state index in [1.54, 1.807) is 6.07 Å². The molecule has 0 aromatic heterocycles. The number of likely N-dealkylation sites (N-methyl/N-ethyl adjacent to an activating group) is 1. The van der Waals surface area contributed by atoms with E-state index in [0.29, 0.717) is 17.3 Å². The predicted octanol–water partition coefficient (Wildman–Crippen LogP) is 1.74. The van der Waals surface area contributed by atoms with Crippen molar-refractivity contribution in [3.8, 4) is 0 Å². The van der Waals surface area contributed by atoms with Gasteiger partial charge in [-0.2, -0.15) is 0 Å². The third-order valence-electron chi connectivity index (χ3n) is 3.76. The van der Waals surface area contributed by atoms with E-state index in [2.05, 4.69) is 19.0 Å². The molecule has 104 valence electrons. The third-order valence-corrected chi connectivity index (χ3v) is 3.76. The fourth-order valence-electron chi connectivity index (χ4n) is 2.68. The number of anilines is 1. The van der Waals surface area contributed by atoms with Gasteiger partial charge in [0.1, 0.15) is 0 Å². The number of hydrogen-bond donors (Lipinski definition) is 1. The van der Waals surface area contributed by atoms with Gasteiger partial charge in [0, 0.05) is 30.4 Å². The minimum atomic E-state index is 0.0990. The van der Waals surface area contributed by atoms with E-state index < -0.39 is 0 Å². The zero-order valence-corrected chi connectivity index (χ0v) is 12.0. The van der Waals surface area contributed by atoms with Crippen LogP contribution in [0.15, 0.2) is 18.2 Å². The molecule has 4 nitrogen and oxygen atoms in total. The number of nitrogens with zero attached hydrogens (tertiary/aromatic N) is 2. The predicted molar refractivity (Wildman–Crippen MR) is 78.2 cm³/mol. The molecule has 1 aliphatic rings. The first kappa shape index (κ1) is 13.9. The topological polar surface area (TPSA) is 49.6 Å². The highest BCUT2D eigenvalue weighted by Crippen LogP contribution is 2.18. The molecule has 0 bridgehead atoms. The van der Waals surface area contributed by atoms with Crippen LogP contribution in [-0.2, 0) is 0 Å². The van der Waals surface area contributed by atoms with Crippen molar-refractivity contribution in [2.24, 2.45) is 0 Å². The highest BCUT2D eigenvalue weighted by atomic mass is 16.2. The lowest BCUT2D eigenvalue weighted by atomic mass is 10.0. The second kappa shape index (κ2) is 5.61. The molecule has 1 atom stereocenters. The van der Waals surface area contributed by atoms with E-state index in [0.717, 1.165) is 31.5 Å². The Kier molecular flexibility index (Phi) is 4.10. The van der Waals surface area contributed by atoms with Gasteiger partial charge in [0.15, 0.2) is 0 Å². The molecule has 1 saturated heterocycles. The molecule has 1 fully saturated rings. The van der Waals surface area contributed by atoms with Crippen molar-refractivity contribution in [1.82, 2.24) is 9.80 Å². The van der Waals surface area contributed by atoms with Crippen molar-refractivity contribution in [3.05, 3.63) is 29.3 Å². The Balaban J connectivity index is 2.14. The summed E-state index contributed by atoms with van der Waals surface area (Å²) in [5, 5.41) is 0. The first-order chi connectivity index (χ1) is 8.97. The summed E-state index contributed by atoms with van der Waals surface area (Å²) in [5.74, 6) is 0.0990. The molecule has 0 saturated carbocycles. The molecule has 1 aromatic carbocycles. The quantitative estimate of drug-likeness (QED) is 0.825. The van der Waals surface area contributed by atoms with Crippen LogP contribution >= 0.6 is 0 Å². The Morgan fingerprint density at radius 2 is 2.11 bits per heavy atom. The van der Waals surface area contributed by atoms with Gasteiger partial charge in [0.25, 0.3) is 5.91 Å². The summed E-state index contributed by atoms with van der Waals surface area (Å²) in [6.07, 6.45) is 2.22. The molecule has 4 heteroatoms. The largest absolute Gasteiger partial charge is 0.399 e. The SMILES string of the molecule is Cc1cc(N)cc(C(=O)N2CCCC(N(C)C)C2)c1. The Morgan fingerprint density at radius 3 is 2.74 bits per heavy atom. The number of aryl methyl sites for hydroxylation is 1. The summed E-state index contributed by atoms with van der Waals surface area (Å²) in [4.78, 5) is 16.7. The van der Waals surface area contributed by atoms with Crippen molar-refractivity contribution >= 4 is 11.6 Å². The number of hydrogen-bond acceptors (Lipinski definition) is 3. The number of likely N-dealkylation sites (tertiary alicyclic amines) is 1. The number of carbonyl (C=O) groups is 1. The molecule has 1 aromatic rings. The average Bonchev–Trinajstić information content (AvgIpc) is 2.37. The maximum absolute atomic E-state index is 12.5. The van der Waals surface area contributed by atoms with Crippen LogP contribution in [0.3, 0.4) is 0 Å². The van der Waals surface area contributed by atoms with Crippen molar-refractivity contribution in [2.45, 2.75) is 25.8 Å². The first-order valence-electron chi connectivity index (χ1n) is 6.80. The number of piperidine rings is 1. The van der Waals surface area contributed by atoms with Gasteiger partial charge < -0.3 is 15.5 Å². The van der Waals surface area contributed by atoms with Crippen LogP contribution < -0.4 is 5.73 Å². The van der Waals surface area contributed by atoms with Gasteiger partial charge in [0.05, 0.1) is 0 Å². The van der Waals surface area contributed by atoms with E-state index in [-0.39, 0.29) is 5.91 Å². The molecule has 19 heavy (non-hydrogen) atoms. The summed E-state index contributed by atoms with van der Waals surface area (Å²) >= 11 is 0. The fraction of sp³-hybridized carbons (Fsp3) is 0.533. The van der Waals surface area contributed by atoms with E-state index in [1.165, 1.54) is 0 Å². The van der Waals surface area contributed by atoms with E-state index in [9.17, 15) is 4.79 Å². The lowest BCUT2D eigenvalue weighted by Crippen LogP contribution is -2.47. The van der Waals surface area contributed by atoms with Crippen LogP contribution in [0.2, 0.25) is 0 Å². The molecule has 2 rings (SSSR count). The summed E-state index contributed by atoms with van der Waals surface area (Å²) < 4.78 is 0. The average molecular weight is 261 g/mol. The summed E-state index contributed by atoms with van der Waals surface area (Å²) in [7, 11) is 4.15. The van der Waals surface area contributed by atoms with Crippen LogP contribution in [0.5, 0.6) is 0 Å². The normalized spacial score (nSPS) is 19.8. The Hall–Kier alpha value is -1.55. The molecular weight excluding hydrogens is 238 g/mol. The van der Waals surface area contributed by atoms with Gasteiger partial charge in [-0.25, -0.2) is 0 Å². The van der Waals surface area contributed by atoms with Crippen molar-refractivity contribution in [2.75, 3.05) is 32.9 Å². The Labute approximate surface area is 115 Å². The summed E-state index contributed by atoms with van der Waals surface area (Å²) in [6, 6.07) is 6.03. The molecule has 0 spiro atoms. The summed E-state index contributed by atoms with van der Waals surface area (Å²) in [6.45, 7) is 3.61. The lowest BCUT2D eigenvalue weighted by Gasteiger charge is -2.36. The molecular formula is C15H23N3O. The van der Waals surface area contributed by atoms with Gasteiger partial charge in [0.2, 0.25) is 0 Å². The highest BCUT2D eigenvalue weighted by Gasteiger charge is 2.25. The molecule has 1 unspecified atom stereocenters. The molecule has 1 aliphatic heterocycles. The molecule has 0 radical (unpaired) electrons. The van der Waals surface area contributed by atoms with Gasteiger partial charge in [-0.05, 0) is 57.6 Å². The van der Waals surface area contributed by atoms with Crippen LogP contribution in [0.4, 0.5) is 5.69 Å². The van der Waals surface area contributed by atoms with Crippen LogP contribution in [0, 0.1) is 6.92 Å². The van der Waals surface area contributed by atoms with Crippen molar-refractivity contribution in [1.29, 1.82) is 0 Å². The number of amides is 1. The Bertz CT molecular complexity index is 450. The van der Waals surface area contributed by atoms with E-state index in [1.807, 2.05) is 24.0 Å². The molecule has 1 heterocycles. The van der Waals surface area contributed by atoms with Crippen LogP contribution in [0.1, 0.15) is 28.8 Å². The molecule has 0 aliphatic carbocycles. The van der Waals surface area contributed by atoms with Gasteiger partial charge >= 0.3 is 0 Å². The smallest absolute Gasteiger partial charge is 0.253 e. The molecule has 2 N–H and O–H groups in total. The molecule has 1 amide bonds. The number of benzene rings is 1. The van der Waals surface area contributed by atoms with Gasteiger partial charge in [-0.1, -0.05) is 0 Å². The lowest BCUT2D eigenvalue weighted by molar-refractivity contribution is 0.0635. The first-order valence-corrected chi connectivity index (χ1v) is 6.80. The number of nitrogens with two attached hydrogens (primary N) is 1. The van der Waals surface area contributed by atoms with Crippen LogP contribution in [-0.4, -0.2) is 48.9 Å². The monoisotopic (exact) mass is 261 g/mol. The number of carbonyl (C=O) groups excluding carboxylic acids is 1. The van der Waals surface area contributed by atoms with Gasteiger partial charge in [-0.15, -0.1) is 0 Å². The minimum absolute atomic E-state index is 0.0990. The second-order valence-corrected chi connectivity index (χ2v) is 5.64. The van der Waals surface area contributed by atoms with Crippen LogP contribution in [0.25, 0.3) is 0 Å². The standard InChI is InChI=1S/C15H23N3O/c1-11-7-12(9-13(16)8-11)15(19)18-6-4-5-14(10-18)17(2)3/h7-9,14H,4-6,10,16H2,1-3H3. The zero-order chi connectivity index (χ0) is 14.0. The maximum Gasteiger partial charge on any atom is 0.253 e. The van der Waals surface area contributed by atoms with Crippen molar-refractivity contribution < 1.29 is 4.79 Å². The second-order valence-electron chi connectivity index (χ2n) is 5.64. The van der Waals surface area contributed by atoms with Gasteiger partial charge in [-0.3, -0.25) is 4.79 Å². The van der Waals surface area contributed by atoms with E-state index >= 15 is 0 Å². The summed E-state index contributed by atoms with van der Waals surface area (Å²) in [5.41, 5.74) is 8.22. The fourth-order valence-corrected chi connectivity index (χ4v) is 2.68. The maximum atomic E-state index is 12.5. The number of nitrogen functional groups attached to an aromatic ring is 1. The Morgan fingerprint density at radius 1 is 1.37 bits per heavy atom. The zero-order valence-electron chi connectivity index (χ0n) is 12.0. The highest BCUT2D eigenvalue weighted by molar-refractivity contribution is 5.95.